The number of nitrogens with one attached hydrogen (secondary N) is 1. The zero-order valence-corrected chi connectivity index (χ0v) is 36.4. The number of carbonyl (C=O) groups is 5. The van der Waals surface area contributed by atoms with Crippen LogP contribution in [0.15, 0.2) is 18.2 Å². The molecule has 0 aliphatic carbocycles. The second-order valence-electron chi connectivity index (χ2n) is 16.3. The average Bonchev–Trinajstić information content (AvgIpc) is 3.55. The van der Waals surface area contributed by atoms with Crippen molar-refractivity contribution in [3.63, 3.8) is 0 Å². The fourth-order valence-corrected chi connectivity index (χ4v) is 8.26. The maximum absolute atomic E-state index is 14.3. The van der Waals surface area contributed by atoms with Crippen LogP contribution in [0, 0.1) is 29.6 Å². The van der Waals surface area contributed by atoms with Crippen molar-refractivity contribution in [2.24, 2.45) is 35.3 Å². The minimum Gasteiger partial charge on any atom is -0.493 e. The molecule has 3 N–H and O–H groups in total. The second-order valence-corrected chi connectivity index (χ2v) is 16.3. The predicted octanol–water partition coefficient (Wildman–Crippen LogP) is 3.68. The lowest BCUT2D eigenvalue weighted by molar-refractivity contribution is -0.149. The van der Waals surface area contributed by atoms with Gasteiger partial charge in [0.05, 0.1) is 63.4 Å². The lowest BCUT2D eigenvalue weighted by Gasteiger charge is -2.41. The molecular formula is C42H71N5O9. The van der Waals surface area contributed by atoms with Gasteiger partial charge in [0.25, 0.3) is 0 Å². The largest absolute Gasteiger partial charge is 0.493 e. The number of ketones is 2. The van der Waals surface area contributed by atoms with E-state index in [2.05, 4.69) is 5.32 Å². The van der Waals surface area contributed by atoms with E-state index in [9.17, 15) is 24.0 Å². The van der Waals surface area contributed by atoms with E-state index >= 15 is 0 Å². The Morgan fingerprint density at radius 2 is 1.52 bits per heavy atom. The zero-order valence-electron chi connectivity index (χ0n) is 36.4. The second kappa shape index (κ2) is 22.4. The molecule has 1 saturated heterocycles. The van der Waals surface area contributed by atoms with E-state index < -0.39 is 42.0 Å². The molecule has 0 aromatic heterocycles. The van der Waals surface area contributed by atoms with Crippen molar-refractivity contribution >= 4 is 29.3 Å². The van der Waals surface area contributed by atoms with Gasteiger partial charge in [-0.1, -0.05) is 54.9 Å². The maximum Gasteiger partial charge on any atom is 0.226 e. The first-order valence-corrected chi connectivity index (χ1v) is 19.9. The van der Waals surface area contributed by atoms with Gasteiger partial charge in [-0.3, -0.25) is 28.9 Å². The summed E-state index contributed by atoms with van der Waals surface area (Å²) in [5.41, 5.74) is 6.79. The lowest BCUT2D eigenvalue weighted by Crippen LogP contribution is -2.54. The number of Topliss-reactive ketones (excluding diaryl/α,β-unsaturated/α-hetero) is 2. The quantitative estimate of drug-likeness (QED) is 0.155. The molecule has 1 aromatic carbocycles. The number of ether oxygens (including phenoxy) is 4. The molecule has 1 aliphatic rings. The molecule has 56 heavy (non-hydrogen) atoms. The minimum absolute atomic E-state index is 0.0283. The third-order valence-electron chi connectivity index (χ3n) is 11.5. The van der Waals surface area contributed by atoms with Crippen LogP contribution in [0.5, 0.6) is 11.5 Å². The van der Waals surface area contributed by atoms with E-state index in [1.54, 1.807) is 49.1 Å². The SMILES string of the molecule is CC[C@H](C)[C@@H]([C@@H](CC(=O)N1C[C@@H](N)C[C@H]1[C@H](OC)[C@@H](C)C(=O)NCC(=O)c1ccc(OC)c(OC)c1)OC)N(C)C(=O)[C@@H](CC(=O)[C@H](C(C)C)N(C)C)C(C)C. The summed E-state index contributed by atoms with van der Waals surface area (Å²) in [7, 11) is 11.5. The van der Waals surface area contributed by atoms with Crippen molar-refractivity contribution in [3.8, 4) is 11.5 Å². The van der Waals surface area contributed by atoms with E-state index in [1.807, 2.05) is 60.5 Å². The Bertz CT molecular complexity index is 1460. The van der Waals surface area contributed by atoms with E-state index in [0.29, 0.717) is 23.5 Å². The Kier molecular flexibility index (Phi) is 19.4. The molecule has 1 fully saturated rings. The van der Waals surface area contributed by atoms with Crippen LogP contribution in [-0.2, 0) is 28.7 Å². The summed E-state index contributed by atoms with van der Waals surface area (Å²) in [4.78, 5) is 73.8. The van der Waals surface area contributed by atoms with Gasteiger partial charge in [0.2, 0.25) is 17.7 Å². The van der Waals surface area contributed by atoms with Gasteiger partial charge in [-0.2, -0.15) is 0 Å². The molecule has 9 atom stereocenters. The third-order valence-corrected chi connectivity index (χ3v) is 11.5. The number of rotatable bonds is 23. The van der Waals surface area contributed by atoms with Crippen molar-refractivity contribution < 1.29 is 42.9 Å². The number of likely N-dealkylation sites (N-methyl/N-ethyl adjacent to an activating group) is 2. The number of hydrogen-bond acceptors (Lipinski definition) is 11. The molecule has 0 unspecified atom stereocenters. The van der Waals surface area contributed by atoms with Gasteiger partial charge < -0.3 is 39.8 Å². The summed E-state index contributed by atoms with van der Waals surface area (Å²) in [6.07, 6.45) is -0.173. The Labute approximate surface area is 335 Å². The summed E-state index contributed by atoms with van der Waals surface area (Å²) in [6.45, 7) is 13.7. The van der Waals surface area contributed by atoms with Gasteiger partial charge in [0.15, 0.2) is 23.1 Å². The van der Waals surface area contributed by atoms with Crippen molar-refractivity contribution in [2.75, 3.05) is 62.7 Å². The van der Waals surface area contributed by atoms with Crippen LogP contribution in [0.4, 0.5) is 0 Å². The number of amides is 3. The number of benzene rings is 1. The van der Waals surface area contributed by atoms with Crippen LogP contribution in [0.2, 0.25) is 0 Å². The normalized spacial score (nSPS) is 19.6. The van der Waals surface area contributed by atoms with E-state index in [1.165, 1.54) is 21.3 Å². The van der Waals surface area contributed by atoms with Gasteiger partial charge in [-0.15, -0.1) is 0 Å². The highest BCUT2D eigenvalue weighted by Crippen LogP contribution is 2.31. The maximum atomic E-state index is 14.3. The average molecular weight is 790 g/mol. The number of nitrogens with zero attached hydrogens (tertiary/aromatic N) is 3. The topological polar surface area (TPSA) is 170 Å². The first kappa shape index (κ1) is 48.6. The fourth-order valence-electron chi connectivity index (χ4n) is 8.26. The summed E-state index contributed by atoms with van der Waals surface area (Å²) in [6, 6.07) is 3.15. The molecule has 0 saturated carbocycles. The van der Waals surface area contributed by atoms with Gasteiger partial charge in [-0.05, 0) is 56.5 Å². The predicted molar refractivity (Wildman–Crippen MR) is 217 cm³/mol. The van der Waals surface area contributed by atoms with Gasteiger partial charge in [0.1, 0.15) is 0 Å². The highest BCUT2D eigenvalue weighted by Gasteiger charge is 2.45. The van der Waals surface area contributed by atoms with Crippen LogP contribution >= 0.6 is 0 Å². The monoisotopic (exact) mass is 790 g/mol. The molecule has 1 heterocycles. The summed E-state index contributed by atoms with van der Waals surface area (Å²) >= 11 is 0. The molecule has 1 aromatic rings. The standard InChI is InChI=1S/C42H71N5O9/c1-15-26(6)39(46(10)42(52)30(24(2)3)20-32(48)38(25(4)5)45(8)9)36(55-13)21-37(50)47-23-29(43)19-31(47)40(56-14)27(7)41(51)44-22-33(49)28-16-17-34(53-11)35(18-28)54-12/h16-18,24-27,29-31,36,38-40H,15,19-23,43H2,1-14H3,(H,44,51)/t26-,27+,29-,30-,31-,36+,38-,39-,40+/m0/s1. The van der Waals surface area contributed by atoms with E-state index in [-0.39, 0.29) is 79.1 Å². The van der Waals surface area contributed by atoms with Crippen molar-refractivity contribution in [1.29, 1.82) is 0 Å². The molecule has 0 bridgehead atoms. The Morgan fingerprint density at radius 1 is 0.893 bits per heavy atom. The summed E-state index contributed by atoms with van der Waals surface area (Å²) in [5.74, 6) is -1.52. The molecule has 0 spiro atoms. The van der Waals surface area contributed by atoms with Gasteiger partial charge in [0, 0.05) is 51.8 Å². The highest BCUT2D eigenvalue weighted by molar-refractivity contribution is 6.00. The molecule has 318 valence electrons. The first-order valence-electron chi connectivity index (χ1n) is 19.9. The van der Waals surface area contributed by atoms with E-state index in [4.69, 9.17) is 24.7 Å². The molecule has 0 radical (unpaired) electrons. The smallest absolute Gasteiger partial charge is 0.226 e. The Hall–Kier alpha value is -3.59. The molecule has 2 rings (SSSR count). The minimum atomic E-state index is -0.739. The van der Waals surface area contributed by atoms with Crippen LogP contribution in [0.25, 0.3) is 0 Å². The summed E-state index contributed by atoms with van der Waals surface area (Å²) in [5, 5.41) is 2.73. The first-order chi connectivity index (χ1) is 26.3. The highest BCUT2D eigenvalue weighted by atomic mass is 16.5. The summed E-state index contributed by atoms with van der Waals surface area (Å²) < 4.78 is 22.5. The number of methoxy groups -OCH3 is 4. The molecule has 14 nitrogen and oxygen atoms in total. The van der Waals surface area contributed by atoms with E-state index in [0.717, 1.165) is 6.42 Å². The van der Waals surface area contributed by atoms with Crippen molar-refractivity contribution in [1.82, 2.24) is 20.0 Å². The molecule has 1 aliphatic heterocycles. The Morgan fingerprint density at radius 3 is 2.02 bits per heavy atom. The van der Waals surface area contributed by atoms with Crippen molar-refractivity contribution in [2.45, 2.75) is 111 Å². The third kappa shape index (κ3) is 12.2. The van der Waals surface area contributed by atoms with Crippen LogP contribution in [0.3, 0.4) is 0 Å². The number of hydrogen-bond donors (Lipinski definition) is 2. The van der Waals surface area contributed by atoms with Gasteiger partial charge in [-0.25, -0.2) is 0 Å². The van der Waals surface area contributed by atoms with Crippen LogP contribution in [0.1, 0.15) is 84.5 Å². The fraction of sp³-hybridized carbons (Fsp3) is 0.738. The molecular weight excluding hydrogens is 718 g/mol. The number of nitrogens with two attached hydrogens (primary N) is 1. The van der Waals surface area contributed by atoms with Gasteiger partial charge >= 0.3 is 0 Å². The zero-order chi connectivity index (χ0) is 42.6. The Balaban J connectivity index is 2.27. The lowest BCUT2D eigenvalue weighted by atomic mass is 9.83. The van der Waals surface area contributed by atoms with Crippen molar-refractivity contribution in [3.05, 3.63) is 23.8 Å². The molecule has 3 amide bonds. The number of likely N-dealkylation sites (tertiary alicyclic amines) is 1. The number of carbonyl (C=O) groups excluding carboxylic acids is 5. The van der Waals surface area contributed by atoms with Crippen LogP contribution < -0.4 is 20.5 Å². The molecule has 14 heteroatoms. The van der Waals surface area contributed by atoms with Crippen LogP contribution in [-0.4, -0.2) is 143 Å².